The van der Waals surface area contributed by atoms with Gasteiger partial charge in [0.25, 0.3) is 5.91 Å². The van der Waals surface area contributed by atoms with Gasteiger partial charge in [-0.05, 0) is 77.4 Å². The second kappa shape index (κ2) is 15.1. The smallest absolute Gasteiger partial charge is 0.257 e. The van der Waals surface area contributed by atoms with Gasteiger partial charge in [0, 0.05) is 30.2 Å². The van der Waals surface area contributed by atoms with Crippen LogP contribution in [0, 0.1) is 24.1 Å². The number of benzene rings is 2. The Labute approximate surface area is 224 Å². The predicted molar refractivity (Wildman–Crippen MR) is 146 cm³/mol. The molecule has 206 valence electrons. The van der Waals surface area contributed by atoms with Crippen molar-refractivity contribution in [3.05, 3.63) is 82.4 Å². The quantitative estimate of drug-likeness (QED) is 0.105. The second-order valence-corrected chi connectivity index (χ2v) is 9.24. The number of amides is 1. The van der Waals surface area contributed by atoms with Crippen LogP contribution in [0.25, 0.3) is 0 Å². The van der Waals surface area contributed by atoms with Crippen LogP contribution in [0.5, 0.6) is 0 Å². The van der Waals surface area contributed by atoms with Crippen molar-refractivity contribution in [1.29, 1.82) is 5.53 Å². The minimum absolute atomic E-state index is 0.168. The molecule has 2 aromatic rings. The molecule has 0 aromatic heterocycles. The van der Waals surface area contributed by atoms with E-state index in [2.05, 4.69) is 10.6 Å². The number of allylic oxidation sites excluding steroid dienone is 1. The lowest BCUT2D eigenvalue weighted by Crippen LogP contribution is -2.47. The number of rotatable bonds is 12. The van der Waals surface area contributed by atoms with Gasteiger partial charge in [-0.3, -0.25) is 10.1 Å². The number of aliphatic imine (C=N–C) groups is 1. The Morgan fingerprint density at radius 1 is 1.18 bits per heavy atom. The summed E-state index contributed by atoms with van der Waals surface area (Å²) < 4.78 is 34.7. The fraction of sp³-hybridized carbons (Fsp3) is 0.448. The highest BCUT2D eigenvalue weighted by Gasteiger charge is 2.29. The van der Waals surface area contributed by atoms with Gasteiger partial charge in [0.2, 0.25) is 6.04 Å². The van der Waals surface area contributed by atoms with Crippen molar-refractivity contribution >= 4 is 11.9 Å². The first kappa shape index (κ1) is 30.8. The lowest BCUT2D eigenvalue weighted by Gasteiger charge is -2.22. The lowest BCUT2D eigenvalue weighted by atomic mass is 9.94. The minimum Gasteiger partial charge on any atom is -0.380 e. The summed E-state index contributed by atoms with van der Waals surface area (Å²) in [6.45, 7) is 12.6. The Balaban J connectivity index is 2.46. The van der Waals surface area contributed by atoms with Gasteiger partial charge >= 0.3 is 0 Å². The van der Waals surface area contributed by atoms with E-state index in [0.29, 0.717) is 37.3 Å². The fourth-order valence-electron chi connectivity index (χ4n) is 3.84. The van der Waals surface area contributed by atoms with Crippen LogP contribution in [-0.4, -0.2) is 48.4 Å². The maximum absolute atomic E-state index is 14.4. The molecule has 2 aromatic carbocycles. The number of ether oxygens (including phenoxy) is 1. The summed E-state index contributed by atoms with van der Waals surface area (Å²) in [5.41, 5.74) is 11.0. The molecule has 0 heterocycles. The first-order valence-electron chi connectivity index (χ1n) is 12.9. The summed E-state index contributed by atoms with van der Waals surface area (Å²) in [7, 11) is 0. The molecular formula is C29H40F2N5O2+. The Morgan fingerprint density at radius 2 is 1.87 bits per heavy atom. The van der Waals surface area contributed by atoms with Crippen molar-refractivity contribution < 1.29 is 23.0 Å². The zero-order valence-corrected chi connectivity index (χ0v) is 23.1. The van der Waals surface area contributed by atoms with Crippen molar-refractivity contribution in [2.75, 3.05) is 19.8 Å². The maximum Gasteiger partial charge on any atom is 0.257 e. The Bertz CT molecular complexity index is 1150. The first-order chi connectivity index (χ1) is 18.1. The molecule has 0 aliphatic heterocycles. The summed E-state index contributed by atoms with van der Waals surface area (Å²) in [5.74, 6) is -0.959. The molecule has 7 nitrogen and oxygen atoms in total. The van der Waals surface area contributed by atoms with Crippen LogP contribution < -0.4 is 10.6 Å². The van der Waals surface area contributed by atoms with E-state index in [4.69, 9.17) is 15.3 Å². The monoisotopic (exact) mass is 528 g/mol. The molecule has 0 saturated carbocycles. The summed E-state index contributed by atoms with van der Waals surface area (Å²) in [5, 5.41) is 6.03. The predicted octanol–water partition coefficient (Wildman–Crippen LogP) is 5.90. The largest absolute Gasteiger partial charge is 0.380 e. The van der Waals surface area contributed by atoms with Gasteiger partial charge in [0.1, 0.15) is 11.6 Å². The van der Waals surface area contributed by atoms with E-state index in [1.165, 1.54) is 35.0 Å². The number of hydrogen-bond donors (Lipinski definition) is 3. The summed E-state index contributed by atoms with van der Waals surface area (Å²) in [6.07, 6.45) is 2.32. The molecule has 38 heavy (non-hydrogen) atoms. The summed E-state index contributed by atoms with van der Waals surface area (Å²) in [6, 6.07) is 9.26. The third-order valence-corrected chi connectivity index (χ3v) is 6.30. The van der Waals surface area contributed by atoms with E-state index in [-0.39, 0.29) is 23.4 Å². The molecule has 0 spiro atoms. The first-order valence-corrected chi connectivity index (χ1v) is 12.9. The van der Waals surface area contributed by atoms with Crippen LogP contribution in [0.4, 0.5) is 8.78 Å². The van der Waals surface area contributed by atoms with Crippen molar-refractivity contribution in [2.45, 2.75) is 66.1 Å². The number of guanidine groups is 1. The standard InChI is InChI=1S/C29H39F2N5O2/c1-7-19(4)26(17-27(36(32)8-2)23-11-10-20(5)25(31)16-23)34-29(33-21(6)18-38-9-3)35-28(37)22-12-14-24(30)15-13-22/h7,10-16,21,26-27,32H,8-9,17-18H2,1-6H3,(H-,33,34,35,37)/p+1. The Morgan fingerprint density at radius 3 is 2.45 bits per heavy atom. The van der Waals surface area contributed by atoms with Crippen LogP contribution in [0.3, 0.4) is 0 Å². The van der Waals surface area contributed by atoms with Crippen molar-refractivity contribution in [1.82, 2.24) is 10.6 Å². The number of hydrogen-bond acceptors (Lipinski definition) is 4. The molecule has 0 fully saturated rings. The van der Waals surface area contributed by atoms with Gasteiger partial charge in [0.15, 0.2) is 12.5 Å². The molecule has 1 amide bonds. The molecule has 9 heteroatoms. The van der Waals surface area contributed by atoms with E-state index >= 15 is 0 Å². The number of nitrogens with one attached hydrogen (secondary N) is 3. The number of aryl methyl sites for hydroxylation is 1. The van der Waals surface area contributed by atoms with Gasteiger partial charge in [-0.1, -0.05) is 29.3 Å². The summed E-state index contributed by atoms with van der Waals surface area (Å²) in [4.78, 5) is 17.8. The number of halogens is 2. The van der Waals surface area contributed by atoms with Crippen molar-refractivity contribution in [3.63, 3.8) is 0 Å². The van der Waals surface area contributed by atoms with Crippen molar-refractivity contribution in [3.8, 4) is 0 Å². The second-order valence-electron chi connectivity index (χ2n) is 9.24. The SMILES string of the molecule is CC=C(C)C(CC(c1ccc(C)c(F)c1)[N+](=N)CC)N=C(NC(=O)c1ccc(F)cc1)NC(C)COCC. The fourth-order valence-corrected chi connectivity index (χ4v) is 3.84. The molecule has 0 aliphatic carbocycles. The van der Waals surface area contributed by atoms with E-state index in [9.17, 15) is 13.6 Å². The Kier molecular flexibility index (Phi) is 12.2. The van der Waals surface area contributed by atoms with Gasteiger partial charge in [0.05, 0.1) is 12.6 Å². The molecular weight excluding hydrogens is 488 g/mol. The van der Waals surface area contributed by atoms with Crippen molar-refractivity contribution in [2.24, 2.45) is 4.99 Å². The summed E-state index contributed by atoms with van der Waals surface area (Å²) >= 11 is 0. The van der Waals surface area contributed by atoms with E-state index < -0.39 is 23.8 Å². The molecule has 0 radical (unpaired) electrons. The molecule has 2 rings (SSSR count). The van der Waals surface area contributed by atoms with Gasteiger partial charge in [-0.2, -0.15) is 0 Å². The molecule has 3 atom stereocenters. The van der Waals surface area contributed by atoms with Crippen LogP contribution in [0.15, 0.2) is 59.1 Å². The third-order valence-electron chi connectivity index (χ3n) is 6.30. The minimum atomic E-state index is -0.440. The highest BCUT2D eigenvalue weighted by atomic mass is 19.1. The Hall–Kier alpha value is -3.46. The van der Waals surface area contributed by atoms with Gasteiger partial charge < -0.3 is 10.1 Å². The zero-order valence-electron chi connectivity index (χ0n) is 23.1. The average molecular weight is 529 g/mol. The van der Waals surface area contributed by atoms with Crippen LogP contribution in [-0.2, 0) is 4.74 Å². The number of nitrogens with zero attached hydrogens (tertiary/aromatic N) is 2. The average Bonchev–Trinajstić information content (AvgIpc) is 2.90. The number of carbonyl (C=O) groups is 1. The third kappa shape index (κ3) is 9.13. The van der Waals surface area contributed by atoms with Gasteiger partial charge in [-0.25, -0.2) is 13.8 Å². The number of carbonyl (C=O) groups excluding carboxylic acids is 1. The topological polar surface area (TPSA) is 89.6 Å². The molecule has 3 unspecified atom stereocenters. The van der Waals surface area contributed by atoms with Crippen LogP contribution in [0.1, 0.15) is 68.6 Å². The normalized spacial score (nSPS) is 14.5. The van der Waals surface area contributed by atoms with Crippen LogP contribution in [0.2, 0.25) is 0 Å². The maximum atomic E-state index is 14.4. The van der Waals surface area contributed by atoms with E-state index in [0.717, 1.165) is 5.57 Å². The lowest BCUT2D eigenvalue weighted by molar-refractivity contribution is -0.652. The van der Waals surface area contributed by atoms with Gasteiger partial charge in [-0.15, -0.1) is 4.70 Å². The zero-order chi connectivity index (χ0) is 28.2. The van der Waals surface area contributed by atoms with E-state index in [1.54, 1.807) is 13.0 Å². The molecule has 0 bridgehead atoms. The van der Waals surface area contributed by atoms with Crippen LogP contribution >= 0.6 is 0 Å². The molecule has 0 saturated heterocycles. The highest BCUT2D eigenvalue weighted by Crippen LogP contribution is 2.28. The molecule has 3 N–H and O–H groups in total. The molecule has 0 aliphatic rings. The highest BCUT2D eigenvalue weighted by molar-refractivity contribution is 6.05. The van der Waals surface area contributed by atoms with E-state index in [1.807, 2.05) is 46.8 Å².